The Morgan fingerprint density at radius 1 is 1.27 bits per heavy atom. The summed E-state index contributed by atoms with van der Waals surface area (Å²) in [6, 6.07) is 1.52. The minimum atomic E-state index is 0.680. The maximum atomic E-state index is 5.63. The molecule has 0 radical (unpaired) electrons. The van der Waals surface area contributed by atoms with E-state index >= 15 is 0 Å². The third-order valence-electron chi connectivity index (χ3n) is 4.08. The van der Waals surface area contributed by atoms with Gasteiger partial charge in [0.15, 0.2) is 0 Å². The molecule has 2 heterocycles. The van der Waals surface area contributed by atoms with Gasteiger partial charge >= 0.3 is 0 Å². The van der Waals surface area contributed by atoms with Crippen LogP contribution in [0.3, 0.4) is 0 Å². The van der Waals surface area contributed by atoms with Gasteiger partial charge in [-0.15, -0.1) is 0 Å². The highest BCUT2D eigenvalue weighted by Crippen LogP contribution is 2.22. The number of nitrogens with two attached hydrogens (primary N) is 1. The second-order valence-electron chi connectivity index (χ2n) is 5.11. The SMILES string of the molecule is CC(CCN)N1CCN2CCCCC2C1. The van der Waals surface area contributed by atoms with Crippen LogP contribution in [0.5, 0.6) is 0 Å². The lowest BCUT2D eigenvalue weighted by atomic mass is 9.98. The molecule has 2 atom stereocenters. The van der Waals surface area contributed by atoms with Gasteiger partial charge < -0.3 is 5.73 Å². The zero-order valence-corrected chi connectivity index (χ0v) is 9.99. The molecule has 0 aromatic rings. The third-order valence-corrected chi connectivity index (χ3v) is 4.08. The van der Waals surface area contributed by atoms with Crippen LogP contribution in [0, 0.1) is 0 Å². The third kappa shape index (κ3) is 2.71. The first kappa shape index (κ1) is 11.4. The van der Waals surface area contributed by atoms with Crippen molar-refractivity contribution < 1.29 is 0 Å². The topological polar surface area (TPSA) is 32.5 Å². The van der Waals surface area contributed by atoms with Crippen molar-refractivity contribution in [3.8, 4) is 0 Å². The molecule has 2 saturated heterocycles. The van der Waals surface area contributed by atoms with Crippen LogP contribution in [0.25, 0.3) is 0 Å². The summed E-state index contributed by atoms with van der Waals surface area (Å²) in [5.74, 6) is 0. The number of piperazine rings is 1. The lowest BCUT2D eigenvalue weighted by molar-refractivity contribution is 0.0299. The van der Waals surface area contributed by atoms with E-state index in [9.17, 15) is 0 Å². The van der Waals surface area contributed by atoms with Gasteiger partial charge in [-0.3, -0.25) is 9.80 Å². The maximum absolute atomic E-state index is 5.63. The van der Waals surface area contributed by atoms with E-state index in [1.807, 2.05) is 0 Å². The van der Waals surface area contributed by atoms with Crippen molar-refractivity contribution in [1.82, 2.24) is 9.80 Å². The number of fused-ring (bicyclic) bond motifs is 1. The molecule has 3 nitrogen and oxygen atoms in total. The van der Waals surface area contributed by atoms with E-state index in [2.05, 4.69) is 16.7 Å². The standard InChI is InChI=1S/C12H25N3/c1-11(5-6-13)15-9-8-14-7-3-2-4-12(14)10-15/h11-12H,2-10,13H2,1H3. The van der Waals surface area contributed by atoms with Crippen molar-refractivity contribution in [3.05, 3.63) is 0 Å². The van der Waals surface area contributed by atoms with Crippen LogP contribution >= 0.6 is 0 Å². The Hall–Kier alpha value is -0.120. The fraction of sp³-hybridized carbons (Fsp3) is 1.00. The summed E-state index contributed by atoms with van der Waals surface area (Å²) in [6.07, 6.45) is 5.40. The molecule has 0 aliphatic carbocycles. The summed E-state index contributed by atoms with van der Waals surface area (Å²) in [6.45, 7) is 8.29. The van der Waals surface area contributed by atoms with Gasteiger partial charge in [0, 0.05) is 31.7 Å². The van der Waals surface area contributed by atoms with Crippen LogP contribution in [0.4, 0.5) is 0 Å². The highest BCUT2D eigenvalue weighted by Gasteiger charge is 2.30. The van der Waals surface area contributed by atoms with Crippen molar-refractivity contribution >= 4 is 0 Å². The average molecular weight is 211 g/mol. The van der Waals surface area contributed by atoms with Crippen molar-refractivity contribution in [2.45, 2.75) is 44.7 Å². The zero-order chi connectivity index (χ0) is 10.7. The summed E-state index contributed by atoms with van der Waals surface area (Å²) in [4.78, 5) is 5.33. The number of hydrogen-bond donors (Lipinski definition) is 1. The van der Waals surface area contributed by atoms with E-state index in [4.69, 9.17) is 5.73 Å². The van der Waals surface area contributed by atoms with Gasteiger partial charge in [0.05, 0.1) is 0 Å². The minimum absolute atomic E-state index is 0.680. The summed E-state index contributed by atoms with van der Waals surface area (Å²) in [5.41, 5.74) is 5.63. The summed E-state index contributed by atoms with van der Waals surface area (Å²) in [7, 11) is 0. The Balaban J connectivity index is 1.85. The van der Waals surface area contributed by atoms with E-state index in [-0.39, 0.29) is 0 Å². The van der Waals surface area contributed by atoms with Gasteiger partial charge in [0.1, 0.15) is 0 Å². The smallest absolute Gasteiger partial charge is 0.0223 e. The van der Waals surface area contributed by atoms with Crippen molar-refractivity contribution in [3.63, 3.8) is 0 Å². The number of rotatable bonds is 3. The lowest BCUT2D eigenvalue weighted by Gasteiger charge is -2.46. The second kappa shape index (κ2) is 5.28. The maximum Gasteiger partial charge on any atom is 0.0223 e. The molecule has 2 N–H and O–H groups in total. The van der Waals surface area contributed by atoms with Gasteiger partial charge in [-0.25, -0.2) is 0 Å². The Labute approximate surface area is 93.6 Å². The minimum Gasteiger partial charge on any atom is -0.330 e. The Kier molecular flexibility index (Phi) is 4.00. The van der Waals surface area contributed by atoms with Gasteiger partial charge in [-0.1, -0.05) is 6.42 Å². The monoisotopic (exact) mass is 211 g/mol. The lowest BCUT2D eigenvalue weighted by Crippen LogP contribution is -2.56. The molecule has 88 valence electrons. The van der Waals surface area contributed by atoms with Gasteiger partial charge in [0.2, 0.25) is 0 Å². The molecule has 2 unspecified atom stereocenters. The summed E-state index contributed by atoms with van der Waals surface area (Å²) in [5, 5.41) is 0. The van der Waals surface area contributed by atoms with Crippen molar-refractivity contribution in [2.75, 3.05) is 32.7 Å². The van der Waals surface area contributed by atoms with Gasteiger partial charge in [-0.2, -0.15) is 0 Å². The van der Waals surface area contributed by atoms with Crippen LogP contribution in [-0.4, -0.2) is 54.6 Å². The van der Waals surface area contributed by atoms with Gasteiger partial charge in [-0.05, 0) is 39.3 Å². The van der Waals surface area contributed by atoms with Crippen molar-refractivity contribution in [2.24, 2.45) is 5.73 Å². The molecule has 0 saturated carbocycles. The molecular formula is C12H25N3. The highest BCUT2D eigenvalue weighted by atomic mass is 15.3. The molecular weight excluding hydrogens is 186 g/mol. The van der Waals surface area contributed by atoms with Crippen LogP contribution < -0.4 is 5.73 Å². The predicted molar refractivity (Wildman–Crippen MR) is 63.9 cm³/mol. The van der Waals surface area contributed by atoms with Crippen LogP contribution in [0.1, 0.15) is 32.6 Å². The normalized spacial score (nSPS) is 31.2. The summed E-state index contributed by atoms with van der Waals surface area (Å²) >= 11 is 0. The second-order valence-corrected chi connectivity index (χ2v) is 5.11. The van der Waals surface area contributed by atoms with Crippen molar-refractivity contribution in [1.29, 1.82) is 0 Å². The number of hydrogen-bond acceptors (Lipinski definition) is 3. The fourth-order valence-corrected chi connectivity index (χ4v) is 3.00. The van der Waals surface area contributed by atoms with Crippen LogP contribution in [-0.2, 0) is 0 Å². The molecule has 2 rings (SSSR count). The Morgan fingerprint density at radius 3 is 2.93 bits per heavy atom. The molecule has 3 heteroatoms. The molecule has 0 spiro atoms. The van der Waals surface area contributed by atoms with E-state index in [0.717, 1.165) is 19.0 Å². The van der Waals surface area contributed by atoms with E-state index < -0.39 is 0 Å². The van der Waals surface area contributed by atoms with E-state index in [1.54, 1.807) is 0 Å². The van der Waals surface area contributed by atoms with Crippen LogP contribution in [0.15, 0.2) is 0 Å². The molecule has 2 aliphatic heterocycles. The molecule has 0 aromatic heterocycles. The first-order chi connectivity index (χ1) is 7.31. The molecule has 0 bridgehead atoms. The molecule has 15 heavy (non-hydrogen) atoms. The molecule has 2 fully saturated rings. The molecule has 2 aliphatic rings. The quantitative estimate of drug-likeness (QED) is 0.752. The predicted octanol–water partition coefficient (Wildman–Crippen LogP) is 0.894. The molecule has 0 amide bonds. The number of piperidine rings is 1. The average Bonchev–Trinajstić information content (AvgIpc) is 2.29. The first-order valence-electron chi connectivity index (χ1n) is 6.49. The van der Waals surface area contributed by atoms with Gasteiger partial charge in [0.25, 0.3) is 0 Å². The number of nitrogens with zero attached hydrogens (tertiary/aromatic N) is 2. The van der Waals surface area contributed by atoms with E-state index in [0.29, 0.717) is 6.04 Å². The highest BCUT2D eigenvalue weighted by molar-refractivity contribution is 4.86. The largest absolute Gasteiger partial charge is 0.330 e. The zero-order valence-electron chi connectivity index (χ0n) is 9.99. The first-order valence-corrected chi connectivity index (χ1v) is 6.49. The summed E-state index contributed by atoms with van der Waals surface area (Å²) < 4.78 is 0. The molecule has 0 aromatic carbocycles. The van der Waals surface area contributed by atoms with E-state index in [1.165, 1.54) is 45.4 Å². The Bertz CT molecular complexity index is 195. The Morgan fingerprint density at radius 2 is 2.13 bits per heavy atom. The fourth-order valence-electron chi connectivity index (χ4n) is 3.00. The van der Waals surface area contributed by atoms with Crippen LogP contribution in [0.2, 0.25) is 0 Å².